The Hall–Kier alpha value is -3.09. The molecule has 1 atom stereocenters. The molecule has 0 aliphatic carbocycles. The van der Waals surface area contributed by atoms with E-state index in [4.69, 9.17) is 10.5 Å². The topological polar surface area (TPSA) is 75.9 Å². The van der Waals surface area contributed by atoms with Crippen LogP contribution in [0, 0.1) is 5.82 Å². The molecule has 1 fully saturated rings. The van der Waals surface area contributed by atoms with Gasteiger partial charge in [0.1, 0.15) is 17.6 Å². The van der Waals surface area contributed by atoms with Gasteiger partial charge in [-0.15, -0.1) is 0 Å². The van der Waals surface area contributed by atoms with Crippen LogP contribution in [0.15, 0.2) is 48.5 Å². The lowest BCUT2D eigenvalue weighted by Gasteiger charge is -2.41. The zero-order chi connectivity index (χ0) is 18.7. The van der Waals surface area contributed by atoms with Crippen molar-refractivity contribution in [3.05, 3.63) is 59.9 Å². The zero-order valence-electron chi connectivity index (χ0n) is 14.4. The number of methoxy groups -OCH3 is 1. The summed E-state index contributed by atoms with van der Waals surface area (Å²) in [4.78, 5) is 28.3. The molecule has 2 N–H and O–H groups in total. The number of hydrogen-bond acceptors (Lipinski definition) is 4. The van der Waals surface area contributed by atoms with Gasteiger partial charge in [0.2, 0.25) is 5.91 Å². The molecule has 136 valence electrons. The lowest BCUT2D eigenvalue weighted by molar-refractivity contribution is -0.122. The summed E-state index contributed by atoms with van der Waals surface area (Å²) in [5.41, 5.74) is 6.72. The number of nitrogens with zero attached hydrogens (tertiary/aromatic N) is 2. The third-order valence-corrected chi connectivity index (χ3v) is 4.50. The number of hydrogen-bond donors (Lipinski definition) is 1. The predicted molar refractivity (Wildman–Crippen MR) is 95.6 cm³/mol. The van der Waals surface area contributed by atoms with E-state index in [0.717, 1.165) is 5.69 Å². The van der Waals surface area contributed by atoms with Crippen LogP contribution in [0.2, 0.25) is 0 Å². The largest absolute Gasteiger partial charge is 0.496 e. The predicted octanol–water partition coefficient (Wildman–Crippen LogP) is 1.65. The van der Waals surface area contributed by atoms with Crippen molar-refractivity contribution in [3.8, 4) is 5.75 Å². The first-order valence-electron chi connectivity index (χ1n) is 8.25. The summed E-state index contributed by atoms with van der Waals surface area (Å²) in [6.45, 7) is 1.08. The van der Waals surface area contributed by atoms with E-state index in [2.05, 4.69) is 0 Å². The molecule has 1 aliphatic heterocycles. The van der Waals surface area contributed by atoms with Gasteiger partial charge >= 0.3 is 0 Å². The maximum Gasteiger partial charge on any atom is 0.258 e. The lowest BCUT2D eigenvalue weighted by atomic mass is 10.1. The summed E-state index contributed by atoms with van der Waals surface area (Å²) in [6.07, 6.45) is 0. The smallest absolute Gasteiger partial charge is 0.258 e. The normalized spacial score (nSPS) is 17.1. The summed E-state index contributed by atoms with van der Waals surface area (Å²) in [5.74, 6) is -0.767. The molecule has 2 amide bonds. The number of carbonyl (C=O) groups excluding carboxylic acids is 2. The number of amides is 2. The molecule has 26 heavy (non-hydrogen) atoms. The summed E-state index contributed by atoms with van der Waals surface area (Å²) in [6, 6.07) is 12.1. The Kier molecular flexibility index (Phi) is 5.06. The second-order valence-corrected chi connectivity index (χ2v) is 6.04. The fourth-order valence-corrected chi connectivity index (χ4v) is 3.13. The highest BCUT2D eigenvalue weighted by Gasteiger charge is 2.35. The first kappa shape index (κ1) is 17.7. The van der Waals surface area contributed by atoms with Crippen molar-refractivity contribution in [1.82, 2.24) is 4.90 Å². The highest BCUT2D eigenvalue weighted by atomic mass is 19.1. The van der Waals surface area contributed by atoms with E-state index in [1.165, 1.54) is 24.1 Å². The molecule has 1 saturated heterocycles. The Balaban J connectivity index is 1.84. The van der Waals surface area contributed by atoms with Crippen molar-refractivity contribution in [2.45, 2.75) is 6.04 Å². The minimum Gasteiger partial charge on any atom is -0.496 e. The molecule has 0 aromatic heterocycles. The van der Waals surface area contributed by atoms with Crippen LogP contribution >= 0.6 is 0 Å². The second kappa shape index (κ2) is 7.43. The molecule has 1 unspecified atom stereocenters. The molecular formula is C19H20FN3O3. The van der Waals surface area contributed by atoms with Gasteiger partial charge in [-0.25, -0.2) is 4.39 Å². The van der Waals surface area contributed by atoms with E-state index in [1.807, 2.05) is 4.90 Å². The SMILES string of the molecule is COc1ccccc1C(=O)N1CCN(c2ccc(F)cc2)CC1C(N)=O. The molecule has 1 heterocycles. The molecule has 0 saturated carbocycles. The van der Waals surface area contributed by atoms with Crippen LogP contribution in [0.4, 0.5) is 10.1 Å². The van der Waals surface area contributed by atoms with Crippen LogP contribution in [0.3, 0.4) is 0 Å². The highest BCUT2D eigenvalue weighted by molar-refractivity contribution is 6.00. The van der Waals surface area contributed by atoms with Crippen molar-refractivity contribution in [2.75, 3.05) is 31.6 Å². The highest BCUT2D eigenvalue weighted by Crippen LogP contribution is 2.24. The van der Waals surface area contributed by atoms with E-state index >= 15 is 0 Å². The first-order chi connectivity index (χ1) is 12.5. The van der Waals surface area contributed by atoms with Crippen LogP contribution < -0.4 is 15.4 Å². The van der Waals surface area contributed by atoms with E-state index in [1.54, 1.807) is 36.4 Å². The van der Waals surface area contributed by atoms with Gasteiger partial charge in [-0.1, -0.05) is 12.1 Å². The molecule has 1 aliphatic rings. The number of benzene rings is 2. The van der Waals surface area contributed by atoms with Crippen molar-refractivity contribution < 1.29 is 18.7 Å². The van der Waals surface area contributed by atoms with Crippen LogP contribution in [0.25, 0.3) is 0 Å². The van der Waals surface area contributed by atoms with Crippen LogP contribution in [-0.2, 0) is 4.79 Å². The Morgan fingerprint density at radius 3 is 2.46 bits per heavy atom. The van der Waals surface area contributed by atoms with Gasteiger partial charge < -0.3 is 20.3 Å². The van der Waals surface area contributed by atoms with Gasteiger partial charge in [0, 0.05) is 25.3 Å². The summed E-state index contributed by atoms with van der Waals surface area (Å²) < 4.78 is 18.4. The minimum absolute atomic E-state index is 0.252. The van der Waals surface area contributed by atoms with Crippen molar-refractivity contribution in [2.24, 2.45) is 5.73 Å². The van der Waals surface area contributed by atoms with Crippen molar-refractivity contribution in [3.63, 3.8) is 0 Å². The van der Waals surface area contributed by atoms with Gasteiger partial charge in [-0.2, -0.15) is 0 Å². The Morgan fingerprint density at radius 2 is 1.81 bits per heavy atom. The summed E-state index contributed by atoms with van der Waals surface area (Å²) in [7, 11) is 1.49. The van der Waals surface area contributed by atoms with Gasteiger partial charge in [-0.05, 0) is 36.4 Å². The second-order valence-electron chi connectivity index (χ2n) is 6.04. The van der Waals surface area contributed by atoms with Gasteiger partial charge in [0.05, 0.1) is 12.7 Å². The maximum atomic E-state index is 13.1. The minimum atomic E-state index is -0.786. The van der Waals surface area contributed by atoms with E-state index < -0.39 is 11.9 Å². The number of para-hydroxylation sites is 1. The summed E-state index contributed by atoms with van der Waals surface area (Å²) >= 11 is 0. The number of carbonyl (C=O) groups is 2. The van der Waals surface area contributed by atoms with Crippen LogP contribution in [0.1, 0.15) is 10.4 Å². The van der Waals surface area contributed by atoms with Crippen molar-refractivity contribution in [1.29, 1.82) is 0 Å². The number of ether oxygens (including phenoxy) is 1. The van der Waals surface area contributed by atoms with Crippen LogP contribution in [-0.4, -0.2) is 49.5 Å². The van der Waals surface area contributed by atoms with Gasteiger partial charge in [0.15, 0.2) is 0 Å². The Labute approximate surface area is 150 Å². The van der Waals surface area contributed by atoms with Crippen LogP contribution in [0.5, 0.6) is 5.75 Å². The Bertz CT molecular complexity index is 810. The molecule has 0 bridgehead atoms. The number of rotatable bonds is 4. The van der Waals surface area contributed by atoms with Gasteiger partial charge in [0.25, 0.3) is 5.91 Å². The standard InChI is InChI=1S/C19H20FN3O3/c1-26-17-5-3-2-4-15(17)19(25)23-11-10-22(12-16(23)18(21)24)14-8-6-13(20)7-9-14/h2-9,16H,10-12H2,1H3,(H2,21,24). The third-order valence-electron chi connectivity index (χ3n) is 4.50. The molecule has 2 aromatic carbocycles. The van der Waals surface area contributed by atoms with Gasteiger partial charge in [-0.3, -0.25) is 9.59 Å². The molecule has 0 spiro atoms. The molecule has 0 radical (unpaired) electrons. The Morgan fingerprint density at radius 1 is 1.12 bits per heavy atom. The number of piperazine rings is 1. The maximum absolute atomic E-state index is 13.1. The molecule has 7 heteroatoms. The number of halogens is 1. The number of anilines is 1. The first-order valence-corrected chi connectivity index (χ1v) is 8.25. The average molecular weight is 357 g/mol. The number of nitrogens with two attached hydrogens (primary N) is 1. The molecule has 2 aromatic rings. The lowest BCUT2D eigenvalue weighted by Crippen LogP contribution is -2.60. The quantitative estimate of drug-likeness (QED) is 0.903. The fraction of sp³-hybridized carbons (Fsp3) is 0.263. The molecule has 6 nitrogen and oxygen atoms in total. The zero-order valence-corrected chi connectivity index (χ0v) is 14.4. The van der Waals surface area contributed by atoms with E-state index in [0.29, 0.717) is 24.4 Å². The fourth-order valence-electron chi connectivity index (χ4n) is 3.13. The van der Waals surface area contributed by atoms with E-state index in [-0.39, 0.29) is 18.3 Å². The summed E-state index contributed by atoms with van der Waals surface area (Å²) in [5, 5.41) is 0. The van der Waals surface area contributed by atoms with E-state index in [9.17, 15) is 14.0 Å². The monoisotopic (exact) mass is 357 g/mol. The molecule has 3 rings (SSSR count). The third kappa shape index (κ3) is 3.46. The van der Waals surface area contributed by atoms with Crippen molar-refractivity contribution >= 4 is 17.5 Å². The average Bonchev–Trinajstić information content (AvgIpc) is 2.67. The molecular weight excluding hydrogens is 337 g/mol. The number of primary amides is 1.